The molecule has 1 N–H and O–H groups in total. The van der Waals surface area contributed by atoms with E-state index in [9.17, 15) is 9.90 Å². The maximum Gasteiger partial charge on any atom is 0.307 e. The highest BCUT2D eigenvalue weighted by atomic mass is 16.5. The summed E-state index contributed by atoms with van der Waals surface area (Å²) >= 11 is 0. The van der Waals surface area contributed by atoms with Gasteiger partial charge in [0.05, 0.1) is 12.0 Å². The molecule has 0 aliphatic heterocycles. The molecule has 1 unspecified atom stereocenters. The predicted octanol–water partition coefficient (Wildman–Crippen LogP) is 6.90. The van der Waals surface area contributed by atoms with Gasteiger partial charge in [-0.15, -0.1) is 0 Å². The van der Waals surface area contributed by atoms with Crippen molar-refractivity contribution in [2.75, 3.05) is 6.54 Å². The van der Waals surface area contributed by atoms with Crippen molar-refractivity contribution in [3.8, 4) is 5.75 Å². The Balaban J connectivity index is 1.39. The van der Waals surface area contributed by atoms with E-state index in [0.29, 0.717) is 24.1 Å². The van der Waals surface area contributed by atoms with Crippen LogP contribution in [-0.4, -0.2) is 34.7 Å². The fraction of sp³-hybridized carbons (Fsp3) is 0.621. The molecule has 180 valence electrons. The molecule has 2 saturated carbocycles. The molecule has 4 heteroatoms. The Morgan fingerprint density at radius 3 is 2.30 bits per heavy atom. The summed E-state index contributed by atoms with van der Waals surface area (Å²) in [6, 6.07) is 13.6. The molecule has 2 fully saturated rings. The van der Waals surface area contributed by atoms with Gasteiger partial charge in [-0.1, -0.05) is 52.3 Å². The third kappa shape index (κ3) is 6.09. The summed E-state index contributed by atoms with van der Waals surface area (Å²) in [6.07, 6.45) is 8.73. The Kier molecular flexibility index (Phi) is 7.33. The van der Waals surface area contributed by atoms with Crippen LogP contribution in [0.3, 0.4) is 0 Å². The number of carboxylic acid groups (broad SMARTS) is 1. The number of hydrogen-bond donors (Lipinski definition) is 1. The number of ether oxygens (including phenoxy) is 1. The third-order valence-electron chi connectivity index (χ3n) is 7.98. The van der Waals surface area contributed by atoms with Crippen LogP contribution in [0.2, 0.25) is 0 Å². The van der Waals surface area contributed by atoms with Crippen LogP contribution in [0, 0.1) is 17.3 Å². The lowest BCUT2D eigenvalue weighted by Crippen LogP contribution is -2.43. The molecule has 0 amide bonds. The molecule has 4 nitrogen and oxygen atoms in total. The van der Waals surface area contributed by atoms with Crippen LogP contribution in [0.5, 0.6) is 5.75 Å². The Hall–Kier alpha value is -2.07. The van der Waals surface area contributed by atoms with Crippen molar-refractivity contribution in [1.29, 1.82) is 0 Å². The SMILES string of the molecule is CC(CN(Cc1ccc2cc(O[C@H]3CC[C@H](C(C)(C)C)CC3)ccc2c1)C1CCC1)C(=O)O. The number of aliphatic carboxylic acids is 1. The van der Waals surface area contributed by atoms with Crippen molar-refractivity contribution >= 4 is 16.7 Å². The van der Waals surface area contributed by atoms with Crippen molar-refractivity contribution in [3.63, 3.8) is 0 Å². The van der Waals surface area contributed by atoms with E-state index in [1.807, 2.05) is 6.92 Å². The van der Waals surface area contributed by atoms with Gasteiger partial charge in [-0.25, -0.2) is 0 Å². The standard InChI is InChI=1S/C29H41NO3/c1-20(28(31)32)18-30(25-6-5-7-25)19-21-8-9-23-17-27(13-10-22(23)16-21)33-26-14-11-24(12-15-26)29(2,3)4/h8-10,13,16-17,20,24-26H,5-7,11-12,14-15,18-19H2,1-4H3,(H,31,32)/t20?,24-,26-. The summed E-state index contributed by atoms with van der Waals surface area (Å²) < 4.78 is 6.38. The van der Waals surface area contributed by atoms with Crippen LogP contribution in [-0.2, 0) is 11.3 Å². The normalized spacial score (nSPS) is 22.8. The average molecular weight is 452 g/mol. The van der Waals surface area contributed by atoms with Crippen molar-refractivity contribution in [2.24, 2.45) is 17.3 Å². The fourth-order valence-corrected chi connectivity index (χ4v) is 5.44. The van der Waals surface area contributed by atoms with Gasteiger partial charge in [0.15, 0.2) is 0 Å². The maximum absolute atomic E-state index is 11.4. The van der Waals surface area contributed by atoms with E-state index in [4.69, 9.17) is 4.74 Å². The molecule has 2 aliphatic rings. The van der Waals surface area contributed by atoms with E-state index in [1.54, 1.807) is 0 Å². The topological polar surface area (TPSA) is 49.8 Å². The van der Waals surface area contributed by atoms with Gasteiger partial charge in [0.1, 0.15) is 5.75 Å². The summed E-state index contributed by atoms with van der Waals surface area (Å²) in [7, 11) is 0. The molecule has 0 saturated heterocycles. The van der Waals surface area contributed by atoms with Crippen LogP contribution >= 0.6 is 0 Å². The lowest BCUT2D eigenvalue weighted by molar-refractivity contribution is -0.142. The van der Waals surface area contributed by atoms with E-state index in [2.05, 4.69) is 62.1 Å². The molecule has 4 rings (SSSR count). The minimum atomic E-state index is -0.711. The van der Waals surface area contributed by atoms with Gasteiger partial charge in [0, 0.05) is 19.1 Å². The van der Waals surface area contributed by atoms with Gasteiger partial charge in [-0.3, -0.25) is 9.69 Å². The molecule has 0 bridgehead atoms. The van der Waals surface area contributed by atoms with E-state index < -0.39 is 5.97 Å². The van der Waals surface area contributed by atoms with E-state index in [1.165, 1.54) is 48.4 Å². The molecular weight excluding hydrogens is 410 g/mol. The quantitative estimate of drug-likeness (QED) is 0.474. The number of hydrogen-bond acceptors (Lipinski definition) is 3. The molecule has 2 aromatic rings. The molecule has 0 heterocycles. The van der Waals surface area contributed by atoms with Gasteiger partial charge in [-0.2, -0.15) is 0 Å². The van der Waals surface area contributed by atoms with Crippen LogP contribution in [0.15, 0.2) is 36.4 Å². The minimum absolute atomic E-state index is 0.326. The predicted molar refractivity (Wildman–Crippen MR) is 135 cm³/mol. The number of rotatable bonds is 8. The molecule has 2 aromatic carbocycles. The Labute approximate surface area is 199 Å². The van der Waals surface area contributed by atoms with Gasteiger partial charge in [0.25, 0.3) is 0 Å². The third-order valence-corrected chi connectivity index (χ3v) is 7.98. The maximum atomic E-state index is 11.4. The second-order valence-corrected chi connectivity index (χ2v) is 11.6. The van der Waals surface area contributed by atoms with Crippen LogP contribution in [0.4, 0.5) is 0 Å². The zero-order chi connectivity index (χ0) is 23.6. The monoisotopic (exact) mass is 451 g/mol. The number of fused-ring (bicyclic) bond motifs is 1. The Morgan fingerprint density at radius 1 is 1.03 bits per heavy atom. The summed E-state index contributed by atoms with van der Waals surface area (Å²) in [5.74, 6) is 0.715. The first-order valence-electron chi connectivity index (χ1n) is 12.9. The molecule has 0 aromatic heterocycles. The highest BCUT2D eigenvalue weighted by Crippen LogP contribution is 2.39. The summed E-state index contributed by atoms with van der Waals surface area (Å²) in [4.78, 5) is 13.8. The Bertz CT molecular complexity index is 951. The van der Waals surface area contributed by atoms with Crippen LogP contribution < -0.4 is 4.74 Å². The summed E-state index contributed by atoms with van der Waals surface area (Å²) in [5, 5.41) is 11.8. The van der Waals surface area contributed by atoms with E-state index in [-0.39, 0.29) is 5.92 Å². The lowest BCUT2D eigenvalue weighted by Gasteiger charge is -2.38. The highest BCUT2D eigenvalue weighted by Gasteiger charge is 2.30. The van der Waals surface area contributed by atoms with Crippen LogP contribution in [0.25, 0.3) is 10.8 Å². The lowest BCUT2D eigenvalue weighted by atomic mass is 9.72. The van der Waals surface area contributed by atoms with E-state index >= 15 is 0 Å². The van der Waals surface area contributed by atoms with Gasteiger partial charge < -0.3 is 9.84 Å². The first kappa shape index (κ1) is 24.1. The molecule has 0 radical (unpaired) electrons. The smallest absolute Gasteiger partial charge is 0.307 e. The van der Waals surface area contributed by atoms with Gasteiger partial charge in [-0.05, 0) is 84.4 Å². The van der Waals surface area contributed by atoms with Gasteiger partial charge >= 0.3 is 5.97 Å². The minimum Gasteiger partial charge on any atom is -0.490 e. The molecular formula is C29H41NO3. The highest BCUT2D eigenvalue weighted by molar-refractivity contribution is 5.84. The zero-order valence-corrected chi connectivity index (χ0v) is 20.8. The van der Waals surface area contributed by atoms with Crippen molar-refractivity contribution < 1.29 is 14.6 Å². The summed E-state index contributed by atoms with van der Waals surface area (Å²) in [5.41, 5.74) is 1.65. The number of nitrogens with zero attached hydrogens (tertiary/aromatic N) is 1. The first-order valence-corrected chi connectivity index (χ1v) is 12.9. The largest absolute Gasteiger partial charge is 0.490 e. The van der Waals surface area contributed by atoms with Crippen LogP contribution in [0.1, 0.15) is 78.2 Å². The number of benzene rings is 2. The Morgan fingerprint density at radius 2 is 1.70 bits per heavy atom. The van der Waals surface area contributed by atoms with Crippen molar-refractivity contribution in [2.45, 2.75) is 91.3 Å². The van der Waals surface area contributed by atoms with Crippen molar-refractivity contribution in [1.82, 2.24) is 4.90 Å². The molecule has 0 spiro atoms. The second kappa shape index (κ2) is 10.0. The van der Waals surface area contributed by atoms with Gasteiger partial charge in [0.2, 0.25) is 0 Å². The first-order chi connectivity index (χ1) is 15.7. The molecule has 33 heavy (non-hydrogen) atoms. The fourth-order valence-electron chi connectivity index (χ4n) is 5.44. The average Bonchev–Trinajstić information content (AvgIpc) is 2.72. The number of carboxylic acids is 1. The second-order valence-electron chi connectivity index (χ2n) is 11.6. The van der Waals surface area contributed by atoms with E-state index in [0.717, 1.165) is 31.1 Å². The zero-order valence-electron chi connectivity index (χ0n) is 20.8. The molecule has 1 atom stereocenters. The molecule has 2 aliphatic carbocycles. The van der Waals surface area contributed by atoms with Crippen molar-refractivity contribution in [3.05, 3.63) is 42.0 Å². The summed E-state index contributed by atoms with van der Waals surface area (Å²) in [6.45, 7) is 10.3. The number of carbonyl (C=O) groups is 1.